The number of nitrogens with two attached hydrogens (primary N) is 1. The van der Waals surface area contributed by atoms with E-state index in [1.165, 1.54) is 18.3 Å². The number of H-pyrrole nitrogens is 1. The summed E-state index contributed by atoms with van der Waals surface area (Å²) in [5, 5.41) is 7.25. The van der Waals surface area contributed by atoms with Crippen molar-refractivity contribution in [2.75, 3.05) is 5.73 Å². The summed E-state index contributed by atoms with van der Waals surface area (Å²) in [4.78, 5) is 6.93. The highest BCUT2D eigenvalue weighted by molar-refractivity contribution is 6.35. The number of nitrogen functional groups attached to an aromatic ring is 1. The van der Waals surface area contributed by atoms with Gasteiger partial charge in [0.1, 0.15) is 12.1 Å². The molecule has 0 saturated heterocycles. The lowest BCUT2D eigenvalue weighted by molar-refractivity contribution is -0.140. The normalized spacial score (nSPS) is 12.0. The van der Waals surface area contributed by atoms with Crippen molar-refractivity contribution >= 4 is 28.3 Å². The monoisotopic (exact) mass is 313 g/mol. The summed E-state index contributed by atoms with van der Waals surface area (Å²) in [6.07, 6.45) is -2.41. The smallest absolute Gasteiger partial charge is 0.383 e. The van der Waals surface area contributed by atoms with E-state index in [1.807, 2.05) is 0 Å². The Morgan fingerprint density at radius 3 is 2.67 bits per heavy atom. The maximum Gasteiger partial charge on any atom is 0.434 e. The summed E-state index contributed by atoms with van der Waals surface area (Å²) in [6.45, 7) is 0. The van der Waals surface area contributed by atoms with Crippen LogP contribution in [0, 0.1) is 0 Å². The first kappa shape index (κ1) is 13.6. The van der Waals surface area contributed by atoms with E-state index in [4.69, 9.17) is 17.3 Å². The van der Waals surface area contributed by atoms with Crippen molar-refractivity contribution in [1.82, 2.24) is 20.2 Å². The van der Waals surface area contributed by atoms with Crippen LogP contribution in [0.3, 0.4) is 0 Å². The highest BCUT2D eigenvalue weighted by Crippen LogP contribution is 2.39. The third-order valence-electron chi connectivity index (χ3n) is 2.93. The number of nitrogens with zero attached hydrogens (tertiary/aromatic N) is 3. The van der Waals surface area contributed by atoms with Crippen molar-refractivity contribution in [3.8, 4) is 11.1 Å². The van der Waals surface area contributed by atoms with Crippen LogP contribution in [0.25, 0.3) is 22.0 Å². The van der Waals surface area contributed by atoms with Gasteiger partial charge in [0, 0.05) is 5.39 Å². The molecule has 0 amide bonds. The Labute approximate surface area is 121 Å². The van der Waals surface area contributed by atoms with Crippen LogP contribution in [0.5, 0.6) is 0 Å². The number of aromatic nitrogens is 4. The zero-order valence-electron chi connectivity index (χ0n) is 10.2. The van der Waals surface area contributed by atoms with Crippen LogP contribution < -0.4 is 5.73 Å². The average molecular weight is 314 g/mol. The number of benzene rings is 1. The van der Waals surface area contributed by atoms with Crippen molar-refractivity contribution in [2.45, 2.75) is 6.18 Å². The third kappa shape index (κ3) is 2.27. The van der Waals surface area contributed by atoms with Crippen LogP contribution in [0.2, 0.25) is 5.02 Å². The molecule has 5 nitrogen and oxygen atoms in total. The lowest BCUT2D eigenvalue weighted by Crippen LogP contribution is -2.12. The van der Waals surface area contributed by atoms with Gasteiger partial charge in [-0.1, -0.05) is 11.6 Å². The minimum absolute atomic E-state index is 0.180. The molecule has 0 fully saturated rings. The van der Waals surface area contributed by atoms with E-state index in [1.54, 1.807) is 0 Å². The number of nitrogens with one attached hydrogen (secondary N) is 1. The summed E-state index contributed by atoms with van der Waals surface area (Å²) in [5.41, 5.74) is 4.91. The minimum atomic E-state index is -4.65. The molecule has 0 aliphatic heterocycles. The Morgan fingerprint density at radius 1 is 1.19 bits per heavy atom. The largest absolute Gasteiger partial charge is 0.434 e. The van der Waals surface area contributed by atoms with E-state index in [-0.39, 0.29) is 22.0 Å². The molecule has 0 saturated carbocycles. The molecule has 0 bridgehead atoms. The Balaban J connectivity index is 2.32. The Kier molecular flexibility index (Phi) is 2.98. The number of anilines is 1. The topological polar surface area (TPSA) is 80.5 Å². The van der Waals surface area contributed by atoms with E-state index in [0.29, 0.717) is 10.9 Å². The number of halogens is 4. The van der Waals surface area contributed by atoms with E-state index < -0.39 is 11.9 Å². The quantitative estimate of drug-likeness (QED) is 0.722. The van der Waals surface area contributed by atoms with Gasteiger partial charge >= 0.3 is 6.18 Å². The average Bonchev–Trinajstić information content (AvgIpc) is 2.86. The second kappa shape index (κ2) is 4.59. The van der Waals surface area contributed by atoms with Crippen molar-refractivity contribution in [3.63, 3.8) is 0 Å². The van der Waals surface area contributed by atoms with Crippen LogP contribution in [0.15, 0.2) is 24.7 Å². The predicted octanol–water partition coefficient (Wildman–Crippen LogP) is 3.27. The molecule has 0 aliphatic rings. The lowest BCUT2D eigenvalue weighted by atomic mass is 10.0. The molecule has 0 unspecified atom stereocenters. The van der Waals surface area contributed by atoms with Gasteiger partial charge in [0.25, 0.3) is 0 Å². The fraction of sp³-hybridized carbons (Fsp3) is 0.0833. The predicted molar refractivity (Wildman–Crippen MR) is 71.5 cm³/mol. The Morgan fingerprint density at radius 2 is 1.95 bits per heavy atom. The van der Waals surface area contributed by atoms with Gasteiger partial charge in [0.15, 0.2) is 5.69 Å². The van der Waals surface area contributed by atoms with Crippen molar-refractivity contribution in [1.29, 1.82) is 0 Å². The fourth-order valence-electron chi connectivity index (χ4n) is 2.06. The van der Waals surface area contributed by atoms with Crippen LogP contribution in [-0.4, -0.2) is 20.2 Å². The van der Waals surface area contributed by atoms with Crippen molar-refractivity contribution in [2.24, 2.45) is 0 Å². The maximum absolute atomic E-state index is 13.1. The van der Waals surface area contributed by atoms with Crippen LogP contribution in [0.1, 0.15) is 5.69 Å². The van der Waals surface area contributed by atoms with E-state index in [9.17, 15) is 13.2 Å². The summed E-state index contributed by atoms with van der Waals surface area (Å²) in [5.74, 6) is -0.267. The molecule has 108 valence electrons. The first-order valence-electron chi connectivity index (χ1n) is 5.68. The Bertz CT molecular complexity index is 827. The first-order chi connectivity index (χ1) is 9.88. The molecule has 3 aromatic rings. The molecule has 1 aromatic carbocycles. The number of alkyl halides is 3. The third-order valence-corrected chi connectivity index (χ3v) is 3.23. The van der Waals surface area contributed by atoms with E-state index >= 15 is 0 Å². The SMILES string of the molecule is Nc1ncnc(C(F)(F)F)c1-c1cc(Cl)c2[nH]ncc2c1. The molecule has 21 heavy (non-hydrogen) atoms. The van der Waals surface area contributed by atoms with Gasteiger partial charge in [-0.05, 0) is 17.7 Å². The van der Waals surface area contributed by atoms with Crippen LogP contribution in [-0.2, 0) is 6.18 Å². The number of rotatable bonds is 1. The highest BCUT2D eigenvalue weighted by Gasteiger charge is 2.37. The molecule has 9 heteroatoms. The number of hydrogen-bond acceptors (Lipinski definition) is 4. The molecule has 0 spiro atoms. The van der Waals surface area contributed by atoms with Crippen molar-refractivity contribution in [3.05, 3.63) is 35.4 Å². The van der Waals surface area contributed by atoms with Gasteiger partial charge in [-0.25, -0.2) is 9.97 Å². The standard InChI is InChI=1S/C12H7ClF3N5/c13-7-2-5(1-6-3-20-21-9(6)7)8-10(12(14,15)16)18-4-19-11(8)17/h1-4H,(H,20,21)(H2,17,18,19). The second-order valence-electron chi connectivity index (χ2n) is 4.27. The molecular formula is C12H7ClF3N5. The molecule has 3 N–H and O–H groups in total. The minimum Gasteiger partial charge on any atom is -0.383 e. The van der Waals surface area contributed by atoms with Gasteiger partial charge in [0.2, 0.25) is 0 Å². The number of fused-ring (bicyclic) bond motifs is 1. The molecular weight excluding hydrogens is 307 g/mol. The van der Waals surface area contributed by atoms with Gasteiger partial charge in [-0.2, -0.15) is 18.3 Å². The molecule has 0 aliphatic carbocycles. The Hall–Kier alpha value is -2.35. The van der Waals surface area contributed by atoms with E-state index in [0.717, 1.165) is 6.33 Å². The molecule has 0 radical (unpaired) electrons. The van der Waals surface area contributed by atoms with Crippen LogP contribution >= 0.6 is 11.6 Å². The summed E-state index contributed by atoms with van der Waals surface area (Å²) >= 11 is 6.04. The van der Waals surface area contributed by atoms with Crippen LogP contribution in [0.4, 0.5) is 19.0 Å². The second-order valence-corrected chi connectivity index (χ2v) is 4.68. The maximum atomic E-state index is 13.1. The number of hydrogen-bond donors (Lipinski definition) is 2. The molecule has 0 atom stereocenters. The van der Waals surface area contributed by atoms with Gasteiger partial charge in [-0.3, -0.25) is 5.10 Å². The highest BCUT2D eigenvalue weighted by atomic mass is 35.5. The van der Waals surface area contributed by atoms with Gasteiger partial charge in [0.05, 0.1) is 22.3 Å². The first-order valence-corrected chi connectivity index (χ1v) is 6.06. The zero-order valence-corrected chi connectivity index (χ0v) is 11.0. The zero-order chi connectivity index (χ0) is 15.2. The molecule has 3 rings (SSSR count). The summed E-state index contributed by atoms with van der Waals surface area (Å²) in [6, 6.07) is 2.86. The van der Waals surface area contributed by atoms with Gasteiger partial charge in [-0.15, -0.1) is 0 Å². The summed E-state index contributed by atoms with van der Waals surface area (Å²) in [7, 11) is 0. The summed E-state index contributed by atoms with van der Waals surface area (Å²) < 4.78 is 39.2. The number of aromatic amines is 1. The fourth-order valence-corrected chi connectivity index (χ4v) is 2.33. The molecule has 2 heterocycles. The van der Waals surface area contributed by atoms with Gasteiger partial charge < -0.3 is 5.73 Å². The van der Waals surface area contributed by atoms with E-state index in [2.05, 4.69) is 20.2 Å². The lowest BCUT2D eigenvalue weighted by Gasteiger charge is -2.13. The molecule has 2 aromatic heterocycles. The van der Waals surface area contributed by atoms with Crippen molar-refractivity contribution < 1.29 is 13.2 Å².